The molecule has 0 aliphatic rings. The van der Waals surface area contributed by atoms with Gasteiger partial charge in [0, 0.05) is 12.6 Å². The molecule has 2 unspecified atom stereocenters. The molecule has 0 saturated carbocycles. The number of rotatable bonds is 6. The Morgan fingerprint density at radius 1 is 1.19 bits per heavy atom. The lowest BCUT2D eigenvalue weighted by atomic mass is 9.98. The second-order valence-corrected chi connectivity index (χ2v) is 5.39. The number of hydrogen-bond acceptors (Lipinski definition) is 2. The van der Waals surface area contributed by atoms with Crippen LogP contribution >= 0.6 is 0 Å². The maximum atomic E-state index is 12.2. The second-order valence-electron chi connectivity index (χ2n) is 5.39. The molecule has 0 aromatic carbocycles. The molecule has 0 aromatic heterocycles. The van der Waals surface area contributed by atoms with Crippen LogP contribution in [0.3, 0.4) is 0 Å². The van der Waals surface area contributed by atoms with Crippen molar-refractivity contribution >= 4 is 5.91 Å². The fraction of sp³-hybridized carbons (Fsp3) is 0.923. The molecule has 0 radical (unpaired) electrons. The molecule has 3 nitrogen and oxygen atoms in total. The van der Waals surface area contributed by atoms with E-state index in [0.717, 1.165) is 13.0 Å². The molecule has 0 saturated heterocycles. The fourth-order valence-corrected chi connectivity index (χ4v) is 1.64. The van der Waals surface area contributed by atoms with Crippen LogP contribution < -0.4 is 5.73 Å². The first kappa shape index (κ1) is 15.4. The molecule has 0 heterocycles. The van der Waals surface area contributed by atoms with Gasteiger partial charge in [-0.05, 0) is 25.7 Å². The maximum Gasteiger partial charge on any atom is 0.239 e. The highest BCUT2D eigenvalue weighted by molar-refractivity contribution is 5.82. The van der Waals surface area contributed by atoms with E-state index in [4.69, 9.17) is 5.73 Å². The predicted octanol–water partition coefficient (Wildman–Crippen LogP) is 2.25. The van der Waals surface area contributed by atoms with Gasteiger partial charge in [-0.1, -0.05) is 34.1 Å². The lowest BCUT2D eigenvalue weighted by molar-refractivity contribution is -0.136. The Kier molecular flexibility index (Phi) is 6.65. The Hall–Kier alpha value is -0.570. The lowest BCUT2D eigenvalue weighted by Gasteiger charge is -2.32. The molecule has 16 heavy (non-hydrogen) atoms. The summed E-state index contributed by atoms with van der Waals surface area (Å²) in [6, 6.07) is -0.129. The van der Waals surface area contributed by atoms with Gasteiger partial charge in [-0.25, -0.2) is 0 Å². The third-order valence-corrected chi connectivity index (χ3v) is 3.01. The first-order valence-electron chi connectivity index (χ1n) is 6.37. The molecule has 96 valence electrons. The summed E-state index contributed by atoms with van der Waals surface area (Å²) in [4.78, 5) is 14.1. The molecule has 0 fully saturated rings. The Morgan fingerprint density at radius 2 is 1.69 bits per heavy atom. The van der Waals surface area contributed by atoms with Crippen molar-refractivity contribution in [2.75, 3.05) is 6.54 Å². The van der Waals surface area contributed by atoms with Gasteiger partial charge < -0.3 is 10.6 Å². The third-order valence-electron chi connectivity index (χ3n) is 3.01. The van der Waals surface area contributed by atoms with Gasteiger partial charge in [0.2, 0.25) is 5.91 Å². The van der Waals surface area contributed by atoms with Crippen molar-refractivity contribution in [1.29, 1.82) is 0 Å². The summed E-state index contributed by atoms with van der Waals surface area (Å²) < 4.78 is 0. The van der Waals surface area contributed by atoms with Crippen LogP contribution in [0.4, 0.5) is 0 Å². The SMILES string of the molecule is CCC(C)C(N)C(=O)N(CC(C)C)C(C)C. The van der Waals surface area contributed by atoms with Gasteiger partial charge in [0.25, 0.3) is 0 Å². The molecule has 1 amide bonds. The van der Waals surface area contributed by atoms with Crippen molar-refractivity contribution in [2.45, 2.75) is 60.0 Å². The first-order valence-corrected chi connectivity index (χ1v) is 6.37. The van der Waals surface area contributed by atoms with Crippen molar-refractivity contribution in [3.05, 3.63) is 0 Å². The minimum Gasteiger partial charge on any atom is -0.339 e. The fourth-order valence-electron chi connectivity index (χ4n) is 1.64. The van der Waals surface area contributed by atoms with E-state index in [2.05, 4.69) is 20.8 Å². The molecule has 0 aliphatic carbocycles. The topological polar surface area (TPSA) is 46.3 Å². The summed E-state index contributed by atoms with van der Waals surface area (Å²) >= 11 is 0. The number of nitrogens with zero attached hydrogens (tertiary/aromatic N) is 1. The van der Waals surface area contributed by atoms with Crippen molar-refractivity contribution < 1.29 is 4.79 Å². The quantitative estimate of drug-likeness (QED) is 0.758. The van der Waals surface area contributed by atoms with E-state index in [0.29, 0.717) is 5.92 Å². The largest absolute Gasteiger partial charge is 0.339 e. The zero-order valence-corrected chi connectivity index (χ0v) is 11.7. The van der Waals surface area contributed by atoms with Crippen molar-refractivity contribution in [3.63, 3.8) is 0 Å². The molecule has 0 rings (SSSR count). The standard InChI is InChI=1S/C13H28N2O/c1-7-11(6)12(14)13(16)15(10(4)5)8-9(2)3/h9-12H,7-8,14H2,1-6H3. The molecule has 2 atom stereocenters. The monoisotopic (exact) mass is 228 g/mol. The number of carbonyl (C=O) groups excluding carboxylic acids is 1. The molecular weight excluding hydrogens is 200 g/mol. The minimum absolute atomic E-state index is 0.0954. The summed E-state index contributed by atoms with van der Waals surface area (Å²) in [5.74, 6) is 0.828. The van der Waals surface area contributed by atoms with E-state index in [1.807, 2.05) is 25.7 Å². The van der Waals surface area contributed by atoms with E-state index in [-0.39, 0.29) is 23.9 Å². The summed E-state index contributed by atoms with van der Waals surface area (Å²) in [5, 5.41) is 0. The smallest absolute Gasteiger partial charge is 0.239 e. The van der Waals surface area contributed by atoms with Crippen molar-refractivity contribution in [3.8, 4) is 0 Å². The average Bonchev–Trinajstić information content (AvgIpc) is 2.22. The predicted molar refractivity (Wildman–Crippen MR) is 69.1 cm³/mol. The van der Waals surface area contributed by atoms with Crippen LogP contribution in [0.2, 0.25) is 0 Å². The summed E-state index contributed by atoms with van der Waals surface area (Å²) in [5.41, 5.74) is 5.99. The van der Waals surface area contributed by atoms with Crippen LogP contribution in [-0.4, -0.2) is 29.4 Å². The van der Waals surface area contributed by atoms with Gasteiger partial charge in [0.15, 0.2) is 0 Å². The Balaban J connectivity index is 4.61. The van der Waals surface area contributed by atoms with Crippen LogP contribution in [0.1, 0.15) is 48.0 Å². The maximum absolute atomic E-state index is 12.2. The molecular formula is C13H28N2O. The Morgan fingerprint density at radius 3 is 2.00 bits per heavy atom. The second kappa shape index (κ2) is 6.89. The lowest BCUT2D eigenvalue weighted by Crippen LogP contribution is -2.50. The highest BCUT2D eigenvalue weighted by atomic mass is 16.2. The van der Waals surface area contributed by atoms with E-state index in [9.17, 15) is 4.79 Å². The number of hydrogen-bond donors (Lipinski definition) is 1. The van der Waals surface area contributed by atoms with E-state index in [1.54, 1.807) is 0 Å². The minimum atomic E-state index is -0.355. The number of nitrogens with two attached hydrogens (primary N) is 1. The van der Waals surface area contributed by atoms with Gasteiger partial charge >= 0.3 is 0 Å². The molecule has 2 N–H and O–H groups in total. The zero-order valence-electron chi connectivity index (χ0n) is 11.7. The summed E-state index contributed by atoms with van der Waals surface area (Å²) in [7, 11) is 0. The zero-order chi connectivity index (χ0) is 12.9. The summed E-state index contributed by atoms with van der Waals surface area (Å²) in [6.07, 6.45) is 0.945. The van der Waals surface area contributed by atoms with Gasteiger partial charge in [-0.2, -0.15) is 0 Å². The van der Waals surface area contributed by atoms with Crippen LogP contribution in [0.5, 0.6) is 0 Å². The molecule has 0 spiro atoms. The molecule has 3 heteroatoms. The normalized spacial score (nSPS) is 15.3. The number of carbonyl (C=O) groups is 1. The average molecular weight is 228 g/mol. The molecule has 0 aromatic rings. The highest BCUT2D eigenvalue weighted by Crippen LogP contribution is 2.12. The first-order chi connectivity index (χ1) is 7.31. The van der Waals surface area contributed by atoms with E-state index < -0.39 is 0 Å². The molecule has 0 bridgehead atoms. The van der Waals surface area contributed by atoms with Crippen molar-refractivity contribution in [2.24, 2.45) is 17.6 Å². The molecule has 0 aliphatic heterocycles. The Bertz CT molecular complexity index is 214. The Labute approximate surface area is 100 Å². The van der Waals surface area contributed by atoms with Crippen LogP contribution in [-0.2, 0) is 4.79 Å². The van der Waals surface area contributed by atoms with Gasteiger partial charge in [-0.15, -0.1) is 0 Å². The van der Waals surface area contributed by atoms with Gasteiger partial charge in [-0.3, -0.25) is 4.79 Å². The highest BCUT2D eigenvalue weighted by Gasteiger charge is 2.26. The van der Waals surface area contributed by atoms with Gasteiger partial charge in [0.1, 0.15) is 0 Å². The van der Waals surface area contributed by atoms with E-state index in [1.165, 1.54) is 0 Å². The van der Waals surface area contributed by atoms with Crippen molar-refractivity contribution in [1.82, 2.24) is 4.90 Å². The third kappa shape index (κ3) is 4.52. The van der Waals surface area contributed by atoms with Crippen LogP contribution in [0.15, 0.2) is 0 Å². The van der Waals surface area contributed by atoms with Gasteiger partial charge in [0.05, 0.1) is 6.04 Å². The summed E-state index contributed by atoms with van der Waals surface area (Å²) in [6.45, 7) is 13.2. The van der Waals surface area contributed by atoms with E-state index >= 15 is 0 Å². The van der Waals surface area contributed by atoms with Crippen LogP contribution in [0.25, 0.3) is 0 Å². The van der Waals surface area contributed by atoms with Crippen LogP contribution in [0, 0.1) is 11.8 Å². The number of amides is 1.